The molecule has 0 heterocycles. The van der Waals surface area contributed by atoms with Crippen LogP contribution in [-0.2, 0) is 4.74 Å². The molecule has 1 aromatic carbocycles. The summed E-state index contributed by atoms with van der Waals surface area (Å²) in [4.78, 5) is 35.8. The molecule has 1 aromatic rings. The van der Waals surface area contributed by atoms with Gasteiger partial charge in [0.15, 0.2) is 11.6 Å². The Hall–Kier alpha value is -2.23. The smallest absolute Gasteiger partial charge is 0.338 e. The zero-order valence-electron chi connectivity index (χ0n) is 12.8. The number of Topliss-reactive ketones (excluding diaryl/α,β-unsaturated/α-hetero) is 2. The average molecular weight is 300 g/mol. The Bertz CT molecular complexity index is 612. The molecule has 0 spiro atoms. The van der Waals surface area contributed by atoms with E-state index in [0.29, 0.717) is 36.5 Å². The summed E-state index contributed by atoms with van der Waals surface area (Å²) in [5.41, 5.74) is 0.978. The van der Waals surface area contributed by atoms with Gasteiger partial charge in [-0.05, 0) is 50.3 Å². The minimum absolute atomic E-state index is 0.112. The second kappa shape index (κ2) is 7.16. The molecule has 1 aliphatic carbocycles. The van der Waals surface area contributed by atoms with Gasteiger partial charge in [0.1, 0.15) is 0 Å². The fourth-order valence-corrected chi connectivity index (χ4v) is 2.05. The van der Waals surface area contributed by atoms with Crippen LogP contribution in [0.5, 0.6) is 0 Å². The highest BCUT2D eigenvalue weighted by molar-refractivity contribution is 6.04. The SMILES string of the molecule is C=CCCC(=O)c1cc(C(C)=O)cc(C(=O)OCC2CC2)c1. The van der Waals surface area contributed by atoms with E-state index in [1.807, 2.05) is 0 Å². The molecular formula is C18H20O4. The highest BCUT2D eigenvalue weighted by Crippen LogP contribution is 2.29. The van der Waals surface area contributed by atoms with Gasteiger partial charge in [-0.1, -0.05) is 6.08 Å². The maximum atomic E-state index is 12.1. The van der Waals surface area contributed by atoms with Crippen molar-refractivity contribution in [1.29, 1.82) is 0 Å². The van der Waals surface area contributed by atoms with Gasteiger partial charge in [0.05, 0.1) is 12.2 Å². The molecule has 0 radical (unpaired) electrons. The molecule has 1 saturated carbocycles. The molecule has 4 heteroatoms. The topological polar surface area (TPSA) is 60.4 Å². The van der Waals surface area contributed by atoms with Gasteiger partial charge in [-0.2, -0.15) is 0 Å². The molecule has 1 aliphatic rings. The van der Waals surface area contributed by atoms with Crippen LogP contribution in [0.25, 0.3) is 0 Å². The van der Waals surface area contributed by atoms with Crippen LogP contribution in [0.4, 0.5) is 0 Å². The summed E-state index contributed by atoms with van der Waals surface area (Å²) in [5.74, 6) is -0.310. The predicted molar refractivity (Wildman–Crippen MR) is 83.2 cm³/mol. The summed E-state index contributed by atoms with van der Waals surface area (Å²) in [7, 11) is 0. The molecule has 0 aromatic heterocycles. The first kappa shape index (κ1) is 16.1. The molecule has 116 valence electrons. The van der Waals surface area contributed by atoms with E-state index in [1.54, 1.807) is 6.08 Å². The first-order chi connectivity index (χ1) is 10.5. The molecule has 4 nitrogen and oxygen atoms in total. The predicted octanol–water partition coefficient (Wildman–Crippen LogP) is 3.60. The summed E-state index contributed by atoms with van der Waals surface area (Å²) >= 11 is 0. The van der Waals surface area contributed by atoms with Crippen molar-refractivity contribution in [3.8, 4) is 0 Å². The Kier molecular flexibility index (Phi) is 5.26. The van der Waals surface area contributed by atoms with E-state index in [4.69, 9.17) is 4.74 Å². The van der Waals surface area contributed by atoms with Crippen molar-refractivity contribution in [2.24, 2.45) is 5.92 Å². The Morgan fingerprint density at radius 2 is 1.82 bits per heavy atom. The zero-order chi connectivity index (χ0) is 16.1. The molecule has 22 heavy (non-hydrogen) atoms. The third-order valence-corrected chi connectivity index (χ3v) is 3.62. The second-order valence-corrected chi connectivity index (χ2v) is 5.65. The Morgan fingerprint density at radius 3 is 2.41 bits per heavy atom. The van der Waals surface area contributed by atoms with Crippen molar-refractivity contribution in [2.45, 2.75) is 32.6 Å². The largest absolute Gasteiger partial charge is 0.462 e. The van der Waals surface area contributed by atoms with Gasteiger partial charge in [0, 0.05) is 17.5 Å². The van der Waals surface area contributed by atoms with Crippen LogP contribution in [0.2, 0.25) is 0 Å². The summed E-state index contributed by atoms with van der Waals surface area (Å²) in [5, 5.41) is 0. The Morgan fingerprint density at radius 1 is 1.18 bits per heavy atom. The first-order valence-corrected chi connectivity index (χ1v) is 7.48. The normalized spacial score (nSPS) is 13.5. The number of carbonyl (C=O) groups is 3. The van der Waals surface area contributed by atoms with E-state index in [9.17, 15) is 14.4 Å². The average Bonchev–Trinajstić information content (AvgIpc) is 3.33. The fraction of sp³-hybridized carbons (Fsp3) is 0.389. The van der Waals surface area contributed by atoms with Crippen molar-refractivity contribution in [1.82, 2.24) is 0 Å². The summed E-state index contributed by atoms with van der Waals surface area (Å²) in [6, 6.07) is 4.53. The molecule has 0 saturated heterocycles. The highest BCUT2D eigenvalue weighted by atomic mass is 16.5. The van der Waals surface area contributed by atoms with Crippen molar-refractivity contribution in [3.05, 3.63) is 47.5 Å². The minimum Gasteiger partial charge on any atom is -0.462 e. The molecule has 0 unspecified atom stereocenters. The van der Waals surface area contributed by atoms with Gasteiger partial charge >= 0.3 is 5.97 Å². The second-order valence-electron chi connectivity index (χ2n) is 5.65. The number of hydrogen-bond donors (Lipinski definition) is 0. The molecule has 0 atom stereocenters. The number of rotatable bonds is 8. The maximum Gasteiger partial charge on any atom is 0.338 e. The minimum atomic E-state index is -0.479. The molecule has 2 rings (SSSR count). The zero-order valence-corrected chi connectivity index (χ0v) is 12.8. The van der Waals surface area contributed by atoms with E-state index in [2.05, 4.69) is 6.58 Å². The number of hydrogen-bond acceptors (Lipinski definition) is 4. The van der Waals surface area contributed by atoms with Crippen LogP contribution in [0, 0.1) is 5.92 Å². The third kappa shape index (κ3) is 4.38. The molecule has 1 fully saturated rings. The lowest BCUT2D eigenvalue weighted by molar-refractivity contribution is 0.0486. The van der Waals surface area contributed by atoms with Crippen LogP contribution in [0.1, 0.15) is 63.7 Å². The summed E-state index contributed by atoms with van der Waals surface area (Å²) in [6.45, 7) is 5.40. The van der Waals surface area contributed by atoms with Crippen LogP contribution >= 0.6 is 0 Å². The number of carbonyl (C=O) groups excluding carboxylic acids is 3. The van der Waals surface area contributed by atoms with Crippen molar-refractivity contribution in [2.75, 3.05) is 6.61 Å². The van der Waals surface area contributed by atoms with Gasteiger partial charge in [0.2, 0.25) is 0 Å². The van der Waals surface area contributed by atoms with Gasteiger partial charge < -0.3 is 4.74 Å². The molecule has 0 N–H and O–H groups in total. The van der Waals surface area contributed by atoms with Gasteiger partial charge in [-0.3, -0.25) is 9.59 Å². The van der Waals surface area contributed by atoms with E-state index in [0.717, 1.165) is 12.8 Å². The highest BCUT2D eigenvalue weighted by Gasteiger charge is 2.24. The number of ketones is 2. The van der Waals surface area contributed by atoms with Gasteiger partial charge in [-0.15, -0.1) is 6.58 Å². The van der Waals surface area contributed by atoms with Crippen LogP contribution in [-0.4, -0.2) is 24.1 Å². The molecule has 0 aliphatic heterocycles. The number of benzene rings is 1. The first-order valence-electron chi connectivity index (χ1n) is 7.48. The molecular weight excluding hydrogens is 280 g/mol. The lowest BCUT2D eigenvalue weighted by atomic mass is 9.99. The van der Waals surface area contributed by atoms with Gasteiger partial charge in [0.25, 0.3) is 0 Å². The Balaban J connectivity index is 2.21. The van der Waals surface area contributed by atoms with E-state index < -0.39 is 5.97 Å². The van der Waals surface area contributed by atoms with Crippen LogP contribution < -0.4 is 0 Å². The standard InChI is InChI=1S/C18H20O4/c1-3-4-5-17(20)15-8-14(12(2)19)9-16(10-15)18(21)22-11-13-6-7-13/h3,8-10,13H,1,4-7,11H2,2H3. The van der Waals surface area contributed by atoms with Crippen molar-refractivity contribution < 1.29 is 19.1 Å². The van der Waals surface area contributed by atoms with E-state index >= 15 is 0 Å². The third-order valence-electron chi connectivity index (χ3n) is 3.62. The van der Waals surface area contributed by atoms with Crippen molar-refractivity contribution >= 4 is 17.5 Å². The van der Waals surface area contributed by atoms with E-state index in [-0.39, 0.29) is 17.1 Å². The molecule has 0 bridgehead atoms. The molecule has 0 amide bonds. The summed E-state index contributed by atoms with van der Waals surface area (Å²) in [6.07, 6.45) is 4.71. The van der Waals surface area contributed by atoms with Crippen LogP contribution in [0.3, 0.4) is 0 Å². The fourth-order valence-electron chi connectivity index (χ4n) is 2.05. The lowest BCUT2D eigenvalue weighted by Crippen LogP contribution is -2.11. The van der Waals surface area contributed by atoms with E-state index in [1.165, 1.54) is 25.1 Å². The maximum absolute atomic E-state index is 12.1. The number of esters is 1. The van der Waals surface area contributed by atoms with Crippen LogP contribution in [0.15, 0.2) is 30.9 Å². The summed E-state index contributed by atoms with van der Waals surface area (Å²) < 4.78 is 5.22. The number of allylic oxidation sites excluding steroid dienone is 1. The lowest BCUT2D eigenvalue weighted by Gasteiger charge is -2.08. The van der Waals surface area contributed by atoms with Crippen molar-refractivity contribution in [3.63, 3.8) is 0 Å². The number of ether oxygens (including phenoxy) is 1. The van der Waals surface area contributed by atoms with Gasteiger partial charge in [-0.25, -0.2) is 4.79 Å². The Labute approximate surface area is 130 Å². The quantitative estimate of drug-likeness (QED) is 0.418. The monoisotopic (exact) mass is 300 g/mol.